The summed E-state index contributed by atoms with van der Waals surface area (Å²) in [4.78, 5) is 26.9. The zero-order chi connectivity index (χ0) is 14.0. The third kappa shape index (κ3) is 1.46. The molecule has 1 aromatic rings. The van der Waals surface area contributed by atoms with Crippen LogP contribution in [0.1, 0.15) is 30.4 Å². The first-order chi connectivity index (χ1) is 9.56. The Balaban J connectivity index is 1.76. The van der Waals surface area contributed by atoms with E-state index in [1.807, 2.05) is 26.0 Å². The second-order valence-corrected chi connectivity index (χ2v) is 6.74. The van der Waals surface area contributed by atoms with Crippen LogP contribution in [-0.2, 0) is 9.59 Å². The Morgan fingerprint density at radius 3 is 1.90 bits per heavy atom. The molecule has 3 aliphatic rings. The molecule has 2 saturated carbocycles. The van der Waals surface area contributed by atoms with Gasteiger partial charge >= 0.3 is 0 Å². The Kier molecular flexibility index (Phi) is 2.39. The van der Waals surface area contributed by atoms with E-state index >= 15 is 0 Å². The van der Waals surface area contributed by atoms with Crippen LogP contribution in [0.5, 0.6) is 0 Å². The fourth-order valence-electron chi connectivity index (χ4n) is 4.74. The van der Waals surface area contributed by atoms with E-state index in [9.17, 15) is 9.59 Å². The van der Waals surface area contributed by atoms with Crippen LogP contribution in [0.4, 0.5) is 5.69 Å². The number of carbonyl (C=O) groups is 2. The maximum Gasteiger partial charge on any atom is 0.237 e. The molecule has 2 amide bonds. The summed E-state index contributed by atoms with van der Waals surface area (Å²) < 4.78 is 0. The molecule has 104 valence electrons. The van der Waals surface area contributed by atoms with E-state index in [4.69, 9.17) is 0 Å². The van der Waals surface area contributed by atoms with Gasteiger partial charge in [0.25, 0.3) is 0 Å². The zero-order valence-electron chi connectivity index (χ0n) is 11.9. The first kappa shape index (κ1) is 12.1. The number of rotatable bonds is 1. The van der Waals surface area contributed by atoms with Gasteiger partial charge in [0.2, 0.25) is 11.8 Å². The summed E-state index contributed by atoms with van der Waals surface area (Å²) >= 11 is 0. The van der Waals surface area contributed by atoms with Crippen molar-refractivity contribution in [1.29, 1.82) is 0 Å². The lowest BCUT2D eigenvalue weighted by molar-refractivity contribution is -0.123. The minimum Gasteiger partial charge on any atom is -0.274 e. The van der Waals surface area contributed by atoms with Gasteiger partial charge in [-0.1, -0.05) is 6.07 Å². The molecule has 1 aromatic carbocycles. The number of fused-ring (bicyclic) bond motifs is 5. The van der Waals surface area contributed by atoms with Gasteiger partial charge < -0.3 is 0 Å². The number of amides is 2. The minimum atomic E-state index is -0.0259. The molecule has 3 nitrogen and oxygen atoms in total. The number of carbonyl (C=O) groups excluding carboxylic acids is 2. The minimum absolute atomic E-state index is 0.0259. The Morgan fingerprint density at radius 1 is 0.900 bits per heavy atom. The number of anilines is 1. The highest BCUT2D eigenvalue weighted by atomic mass is 16.2. The van der Waals surface area contributed by atoms with Crippen molar-refractivity contribution in [3.05, 3.63) is 29.3 Å². The van der Waals surface area contributed by atoms with Crippen LogP contribution in [0.15, 0.2) is 18.2 Å². The molecule has 2 bridgehead atoms. The van der Waals surface area contributed by atoms with Gasteiger partial charge in [0.1, 0.15) is 0 Å². The monoisotopic (exact) mass is 269 g/mol. The molecular formula is C17H19NO2. The van der Waals surface area contributed by atoms with Crippen LogP contribution in [-0.4, -0.2) is 11.8 Å². The first-order valence-electron chi connectivity index (χ1n) is 7.52. The van der Waals surface area contributed by atoms with Crippen LogP contribution in [0, 0.1) is 37.5 Å². The molecule has 0 unspecified atom stereocenters. The number of nitrogens with zero attached hydrogens (tertiary/aromatic N) is 1. The summed E-state index contributed by atoms with van der Waals surface area (Å²) in [6.07, 6.45) is 3.35. The number of imide groups is 1. The lowest BCUT2D eigenvalue weighted by Gasteiger charge is -2.19. The van der Waals surface area contributed by atoms with E-state index in [0.29, 0.717) is 11.8 Å². The van der Waals surface area contributed by atoms with E-state index in [0.717, 1.165) is 36.1 Å². The highest BCUT2D eigenvalue weighted by molar-refractivity contribution is 6.22. The van der Waals surface area contributed by atoms with Crippen LogP contribution >= 0.6 is 0 Å². The van der Waals surface area contributed by atoms with Crippen molar-refractivity contribution in [2.45, 2.75) is 33.1 Å². The fourth-order valence-corrected chi connectivity index (χ4v) is 4.74. The van der Waals surface area contributed by atoms with Crippen LogP contribution < -0.4 is 4.90 Å². The maximum absolute atomic E-state index is 12.7. The lowest BCUT2D eigenvalue weighted by atomic mass is 9.81. The summed E-state index contributed by atoms with van der Waals surface area (Å²) in [7, 11) is 0. The van der Waals surface area contributed by atoms with Crippen LogP contribution in [0.3, 0.4) is 0 Å². The quantitative estimate of drug-likeness (QED) is 0.735. The average molecular weight is 269 g/mol. The predicted octanol–water partition coefficient (Wildman–Crippen LogP) is 2.84. The third-order valence-electron chi connectivity index (χ3n) is 5.39. The van der Waals surface area contributed by atoms with E-state index < -0.39 is 0 Å². The zero-order valence-corrected chi connectivity index (χ0v) is 11.9. The molecule has 2 aliphatic carbocycles. The van der Waals surface area contributed by atoms with E-state index in [-0.39, 0.29) is 23.7 Å². The van der Waals surface area contributed by atoms with Crippen molar-refractivity contribution in [3.8, 4) is 0 Å². The molecule has 20 heavy (non-hydrogen) atoms. The average Bonchev–Trinajstić information content (AvgIpc) is 3.02. The van der Waals surface area contributed by atoms with E-state index in [1.54, 1.807) is 0 Å². The van der Waals surface area contributed by atoms with E-state index in [2.05, 4.69) is 6.07 Å². The largest absolute Gasteiger partial charge is 0.274 e. The Labute approximate surface area is 119 Å². The smallest absolute Gasteiger partial charge is 0.237 e. The number of aryl methyl sites for hydroxylation is 2. The molecule has 0 N–H and O–H groups in total. The first-order valence-corrected chi connectivity index (χ1v) is 7.52. The molecular weight excluding hydrogens is 250 g/mol. The summed E-state index contributed by atoms with van der Waals surface area (Å²) in [5.41, 5.74) is 2.97. The van der Waals surface area contributed by atoms with Gasteiger partial charge in [-0.05, 0) is 68.2 Å². The molecule has 4 rings (SSSR count). The molecule has 1 heterocycles. The normalized spacial score (nSPS) is 35.0. The maximum atomic E-state index is 12.7. The van der Waals surface area contributed by atoms with Gasteiger partial charge in [0.15, 0.2) is 0 Å². The topological polar surface area (TPSA) is 37.4 Å². The molecule has 3 fully saturated rings. The second kappa shape index (κ2) is 3.94. The van der Waals surface area contributed by atoms with Gasteiger partial charge in [0, 0.05) is 0 Å². The number of hydrogen-bond acceptors (Lipinski definition) is 2. The van der Waals surface area contributed by atoms with E-state index in [1.165, 1.54) is 4.90 Å². The van der Waals surface area contributed by atoms with Gasteiger partial charge in [0.05, 0.1) is 17.5 Å². The van der Waals surface area contributed by atoms with Crippen molar-refractivity contribution in [2.24, 2.45) is 23.7 Å². The molecule has 0 spiro atoms. The Bertz CT molecular complexity index is 573. The standard InChI is InChI=1S/C17H19NO2/c1-9-5-10(2)7-13(6-9)18-16(19)14-11-3-4-12(8-11)15(14)17(18)20/h5-7,11-12,14-15H,3-4,8H2,1-2H3/t11-,12-,14+,15+/m0/s1. The SMILES string of the molecule is Cc1cc(C)cc(N2C(=O)[C@@H]3[C@H]4CC[C@@H](C4)[C@H]3C2=O)c1. The highest BCUT2D eigenvalue weighted by Crippen LogP contribution is 2.56. The van der Waals surface area contributed by atoms with Crippen molar-refractivity contribution < 1.29 is 9.59 Å². The Hall–Kier alpha value is -1.64. The summed E-state index contributed by atoms with van der Waals surface area (Å²) in [6, 6.07) is 5.97. The summed E-state index contributed by atoms with van der Waals surface area (Å²) in [6.45, 7) is 4.01. The van der Waals surface area contributed by atoms with Gasteiger partial charge in [-0.25, -0.2) is 0 Å². The van der Waals surface area contributed by atoms with Crippen molar-refractivity contribution >= 4 is 17.5 Å². The summed E-state index contributed by atoms with van der Waals surface area (Å²) in [5.74, 6) is 0.966. The highest BCUT2D eigenvalue weighted by Gasteiger charge is 2.61. The molecule has 1 aliphatic heterocycles. The van der Waals surface area contributed by atoms with Gasteiger partial charge in [-0.2, -0.15) is 0 Å². The van der Waals surface area contributed by atoms with Crippen molar-refractivity contribution in [3.63, 3.8) is 0 Å². The van der Waals surface area contributed by atoms with Crippen molar-refractivity contribution in [2.75, 3.05) is 4.90 Å². The van der Waals surface area contributed by atoms with Gasteiger partial charge in [-0.15, -0.1) is 0 Å². The number of benzene rings is 1. The Morgan fingerprint density at radius 2 is 1.40 bits per heavy atom. The predicted molar refractivity (Wildman–Crippen MR) is 76.2 cm³/mol. The second-order valence-electron chi connectivity index (χ2n) is 6.74. The van der Waals surface area contributed by atoms with Crippen molar-refractivity contribution in [1.82, 2.24) is 0 Å². The number of hydrogen-bond donors (Lipinski definition) is 0. The van der Waals surface area contributed by atoms with Crippen LogP contribution in [0.2, 0.25) is 0 Å². The molecule has 4 atom stereocenters. The molecule has 0 aromatic heterocycles. The van der Waals surface area contributed by atoms with Crippen LogP contribution in [0.25, 0.3) is 0 Å². The molecule has 1 saturated heterocycles. The van der Waals surface area contributed by atoms with Gasteiger partial charge in [-0.3, -0.25) is 14.5 Å². The molecule has 0 radical (unpaired) electrons. The molecule has 3 heteroatoms. The lowest BCUT2D eigenvalue weighted by Crippen LogP contribution is -2.32. The fraction of sp³-hybridized carbons (Fsp3) is 0.529. The third-order valence-corrected chi connectivity index (χ3v) is 5.39. The summed E-state index contributed by atoms with van der Waals surface area (Å²) in [5, 5.41) is 0.